The molecule has 39 heavy (non-hydrogen) atoms. The van der Waals surface area contributed by atoms with Gasteiger partial charge in [-0.05, 0) is 91.4 Å². The van der Waals surface area contributed by atoms with Crippen molar-refractivity contribution in [3.63, 3.8) is 0 Å². The van der Waals surface area contributed by atoms with Gasteiger partial charge in [-0.25, -0.2) is 23.5 Å². The Morgan fingerprint density at radius 2 is 1.69 bits per heavy atom. The van der Waals surface area contributed by atoms with Crippen LogP contribution in [0.2, 0.25) is 0 Å². The van der Waals surface area contributed by atoms with E-state index in [-0.39, 0.29) is 30.6 Å². The highest BCUT2D eigenvalue weighted by Gasteiger charge is 2.38. The molecule has 0 fully saturated rings. The topological polar surface area (TPSA) is 92.2 Å². The molecule has 6 nitrogen and oxygen atoms in total. The molecule has 0 saturated carbocycles. The Morgan fingerprint density at radius 1 is 0.949 bits per heavy atom. The second kappa shape index (κ2) is 10.4. The van der Waals surface area contributed by atoms with Gasteiger partial charge in [-0.15, -0.1) is 0 Å². The van der Waals surface area contributed by atoms with Crippen LogP contribution < -0.4 is 5.32 Å². The Balaban J connectivity index is 1.43. The third-order valence-electron chi connectivity index (χ3n) is 6.82. The molecule has 1 amide bonds. The molecule has 1 heterocycles. The molecule has 10 heteroatoms. The van der Waals surface area contributed by atoms with Crippen LogP contribution in [0.4, 0.5) is 17.6 Å². The van der Waals surface area contributed by atoms with Crippen LogP contribution in [0, 0.1) is 11.6 Å². The van der Waals surface area contributed by atoms with E-state index in [1.807, 2.05) is 0 Å². The summed E-state index contributed by atoms with van der Waals surface area (Å²) in [7, 11) is 0. The highest BCUT2D eigenvalue weighted by atomic mass is 19.3. The molecule has 0 radical (unpaired) electrons. The SMILES string of the molecule is O=C(NC1CCc2cc(F)ccc21)c1ccc2nc(-c3ccc(F)cc3)c(CCCC(F)(F)C(=O)O)nc2c1. The van der Waals surface area contributed by atoms with Crippen molar-refractivity contribution in [3.05, 3.63) is 94.7 Å². The monoisotopic (exact) mass is 537 g/mol. The number of benzene rings is 3. The number of aryl methyl sites for hydroxylation is 2. The van der Waals surface area contributed by atoms with Gasteiger partial charge in [0.05, 0.1) is 28.5 Å². The van der Waals surface area contributed by atoms with Crippen molar-refractivity contribution in [2.75, 3.05) is 0 Å². The number of carboxylic acids is 1. The molecule has 1 aromatic heterocycles. The first-order valence-corrected chi connectivity index (χ1v) is 12.4. The van der Waals surface area contributed by atoms with Crippen molar-refractivity contribution in [3.8, 4) is 11.3 Å². The van der Waals surface area contributed by atoms with Crippen molar-refractivity contribution in [2.45, 2.75) is 44.1 Å². The number of carbonyl (C=O) groups excluding carboxylic acids is 1. The summed E-state index contributed by atoms with van der Waals surface area (Å²) in [6.07, 6.45) is 0.210. The quantitative estimate of drug-likeness (QED) is 0.268. The van der Waals surface area contributed by atoms with Crippen molar-refractivity contribution in [1.29, 1.82) is 0 Å². The average Bonchev–Trinajstić information content (AvgIpc) is 3.29. The van der Waals surface area contributed by atoms with Crippen LogP contribution in [0.15, 0.2) is 60.7 Å². The number of carboxylic acid groups (broad SMARTS) is 1. The van der Waals surface area contributed by atoms with Gasteiger partial charge in [0.15, 0.2) is 0 Å². The van der Waals surface area contributed by atoms with Crippen molar-refractivity contribution >= 4 is 22.9 Å². The second-order valence-electron chi connectivity index (χ2n) is 9.50. The van der Waals surface area contributed by atoms with Crippen LogP contribution >= 0.6 is 0 Å². The molecule has 2 N–H and O–H groups in total. The first-order valence-electron chi connectivity index (χ1n) is 12.4. The van der Waals surface area contributed by atoms with Gasteiger partial charge >= 0.3 is 11.9 Å². The van der Waals surface area contributed by atoms with Crippen molar-refractivity contribution in [2.24, 2.45) is 0 Å². The summed E-state index contributed by atoms with van der Waals surface area (Å²) in [5, 5.41) is 11.7. The molecule has 5 rings (SSSR count). The van der Waals surface area contributed by atoms with E-state index < -0.39 is 24.1 Å². The molecule has 0 aliphatic heterocycles. The van der Waals surface area contributed by atoms with Crippen molar-refractivity contribution < 1.29 is 32.3 Å². The first-order chi connectivity index (χ1) is 18.6. The van der Waals surface area contributed by atoms with Gasteiger partial charge in [0.2, 0.25) is 0 Å². The summed E-state index contributed by atoms with van der Waals surface area (Å²) >= 11 is 0. The lowest BCUT2D eigenvalue weighted by Gasteiger charge is -2.15. The summed E-state index contributed by atoms with van der Waals surface area (Å²) in [6, 6.07) is 14.5. The zero-order valence-corrected chi connectivity index (χ0v) is 20.6. The maximum Gasteiger partial charge on any atom is 0.374 e. The number of fused-ring (bicyclic) bond motifs is 2. The van der Waals surface area contributed by atoms with E-state index in [4.69, 9.17) is 5.11 Å². The van der Waals surface area contributed by atoms with Gasteiger partial charge in [0.1, 0.15) is 11.6 Å². The number of alkyl halides is 2. The fourth-order valence-corrected chi connectivity index (χ4v) is 4.81. The molecule has 200 valence electrons. The second-order valence-corrected chi connectivity index (χ2v) is 9.50. The number of aromatic nitrogens is 2. The first kappa shape index (κ1) is 26.3. The van der Waals surface area contributed by atoms with E-state index in [0.717, 1.165) is 11.1 Å². The van der Waals surface area contributed by atoms with Gasteiger partial charge in [0, 0.05) is 17.5 Å². The Hall–Kier alpha value is -4.34. The highest BCUT2D eigenvalue weighted by molar-refractivity contribution is 5.97. The maximum absolute atomic E-state index is 13.7. The molecular weight excluding hydrogens is 514 g/mol. The van der Waals surface area contributed by atoms with Gasteiger partial charge < -0.3 is 10.4 Å². The van der Waals surface area contributed by atoms with Crippen molar-refractivity contribution in [1.82, 2.24) is 15.3 Å². The summed E-state index contributed by atoms with van der Waals surface area (Å²) in [6.45, 7) is 0. The molecule has 1 aliphatic carbocycles. The number of carbonyl (C=O) groups is 2. The predicted molar refractivity (Wildman–Crippen MR) is 135 cm³/mol. The number of amides is 1. The van der Waals surface area contributed by atoms with E-state index in [1.165, 1.54) is 36.4 Å². The summed E-state index contributed by atoms with van der Waals surface area (Å²) in [5.74, 6) is -7.21. The lowest BCUT2D eigenvalue weighted by Crippen LogP contribution is -2.28. The van der Waals surface area contributed by atoms with Crippen LogP contribution in [0.3, 0.4) is 0 Å². The Bertz CT molecular complexity index is 1570. The van der Waals surface area contributed by atoms with E-state index >= 15 is 0 Å². The maximum atomic E-state index is 13.7. The third-order valence-corrected chi connectivity index (χ3v) is 6.82. The lowest BCUT2D eigenvalue weighted by atomic mass is 10.0. The number of nitrogens with zero attached hydrogens (tertiary/aromatic N) is 2. The minimum absolute atomic E-state index is 0.00956. The number of hydrogen-bond acceptors (Lipinski definition) is 4. The van der Waals surface area contributed by atoms with Crippen LogP contribution in [0.5, 0.6) is 0 Å². The summed E-state index contributed by atoms with van der Waals surface area (Å²) in [5.41, 5.74) is 4.02. The van der Waals surface area contributed by atoms with E-state index in [1.54, 1.807) is 24.3 Å². The Labute approximate surface area is 220 Å². The standard InChI is InChI=1S/C29H23F4N3O3/c30-19-7-3-16(4-8-19)26-24(2-1-13-29(32,33)28(38)39)34-25-15-18(6-12-23(25)35-26)27(37)36-22-11-5-17-14-20(31)9-10-21(17)22/h3-4,6-10,12,14-15,22H,1-2,5,11,13H2,(H,36,37)(H,38,39). The number of hydrogen-bond donors (Lipinski definition) is 2. The molecule has 3 aromatic carbocycles. The zero-order valence-electron chi connectivity index (χ0n) is 20.6. The molecule has 0 saturated heterocycles. The van der Waals surface area contributed by atoms with Crippen LogP contribution in [-0.2, 0) is 17.6 Å². The minimum atomic E-state index is -3.88. The van der Waals surface area contributed by atoms with Gasteiger partial charge in [-0.1, -0.05) is 6.07 Å². The number of nitrogens with one attached hydrogen (secondary N) is 1. The molecule has 0 spiro atoms. The predicted octanol–water partition coefficient (Wildman–Crippen LogP) is 6.03. The van der Waals surface area contributed by atoms with Crippen LogP contribution in [0.25, 0.3) is 22.3 Å². The molecule has 0 bridgehead atoms. The Morgan fingerprint density at radius 3 is 2.44 bits per heavy atom. The summed E-state index contributed by atoms with van der Waals surface area (Å²) in [4.78, 5) is 33.1. The number of halogens is 4. The lowest BCUT2D eigenvalue weighted by molar-refractivity contribution is -0.165. The molecule has 1 atom stereocenters. The number of rotatable bonds is 8. The fraction of sp³-hybridized carbons (Fsp3) is 0.241. The fourth-order valence-electron chi connectivity index (χ4n) is 4.81. The molecule has 1 aliphatic rings. The largest absolute Gasteiger partial charge is 0.477 e. The third kappa shape index (κ3) is 5.59. The smallest absolute Gasteiger partial charge is 0.374 e. The highest BCUT2D eigenvalue weighted by Crippen LogP contribution is 2.32. The van der Waals surface area contributed by atoms with Crippen LogP contribution in [-0.4, -0.2) is 32.9 Å². The molecular formula is C29H23F4N3O3. The molecule has 4 aromatic rings. The van der Waals surface area contributed by atoms with E-state index in [2.05, 4.69) is 15.3 Å². The normalized spacial score (nSPS) is 14.8. The number of aliphatic carboxylic acids is 1. The zero-order chi connectivity index (χ0) is 27.7. The van der Waals surface area contributed by atoms with Gasteiger partial charge in [0.25, 0.3) is 5.91 Å². The Kier molecular flexibility index (Phi) is 7.03. The minimum Gasteiger partial charge on any atom is -0.477 e. The molecule has 1 unspecified atom stereocenters. The van der Waals surface area contributed by atoms with E-state index in [0.29, 0.717) is 46.4 Å². The van der Waals surface area contributed by atoms with E-state index in [9.17, 15) is 27.2 Å². The average molecular weight is 538 g/mol. The van der Waals surface area contributed by atoms with Crippen LogP contribution in [0.1, 0.15) is 52.5 Å². The van der Waals surface area contributed by atoms with Gasteiger partial charge in [-0.2, -0.15) is 8.78 Å². The summed E-state index contributed by atoms with van der Waals surface area (Å²) < 4.78 is 54.3. The van der Waals surface area contributed by atoms with Gasteiger partial charge in [-0.3, -0.25) is 4.79 Å².